The van der Waals surface area contributed by atoms with Crippen LogP contribution >= 0.6 is 0 Å². The maximum atomic E-state index is 13.5. The molecule has 0 aliphatic rings. The summed E-state index contributed by atoms with van der Waals surface area (Å²) in [7, 11) is 0. The molecule has 0 bridgehead atoms. The summed E-state index contributed by atoms with van der Waals surface area (Å²) < 4.78 is 71.6. The number of esters is 1. The van der Waals surface area contributed by atoms with Crippen LogP contribution in [0.2, 0.25) is 0 Å². The Kier molecular flexibility index (Phi) is 4.61. The Hall–Kier alpha value is -3.37. The summed E-state index contributed by atoms with van der Waals surface area (Å²) in [6, 6.07) is 8.37. The van der Waals surface area contributed by atoms with Gasteiger partial charge in [0.15, 0.2) is 5.82 Å². The molecule has 0 fully saturated rings. The van der Waals surface area contributed by atoms with Gasteiger partial charge in [-0.15, -0.1) is 5.10 Å². The second-order valence-electron chi connectivity index (χ2n) is 4.90. The lowest BCUT2D eigenvalue weighted by molar-refractivity contribution is -0.135. The SMILES string of the molecule is O=C(Cn1nnnc1-c1ccccc1)Oc1c(F)c(F)c(F)c(F)c1F. The minimum Gasteiger partial charge on any atom is -0.419 e. The summed E-state index contributed by atoms with van der Waals surface area (Å²) in [4.78, 5) is 11.9. The quantitative estimate of drug-likeness (QED) is 0.232. The molecule has 1 heterocycles. The van der Waals surface area contributed by atoms with E-state index in [9.17, 15) is 26.7 Å². The molecule has 0 saturated carbocycles. The van der Waals surface area contributed by atoms with Gasteiger partial charge in [-0.25, -0.2) is 22.6 Å². The van der Waals surface area contributed by atoms with Crippen molar-refractivity contribution in [3.05, 3.63) is 59.4 Å². The van der Waals surface area contributed by atoms with Crippen molar-refractivity contribution in [3.8, 4) is 17.1 Å². The highest BCUT2D eigenvalue weighted by Crippen LogP contribution is 2.29. The molecule has 134 valence electrons. The van der Waals surface area contributed by atoms with Crippen molar-refractivity contribution in [2.75, 3.05) is 0 Å². The Morgan fingerprint density at radius 2 is 1.50 bits per heavy atom. The maximum Gasteiger partial charge on any atom is 0.333 e. The van der Waals surface area contributed by atoms with Crippen LogP contribution in [-0.4, -0.2) is 26.2 Å². The number of nitrogens with zero attached hydrogens (tertiary/aromatic N) is 4. The topological polar surface area (TPSA) is 69.9 Å². The maximum absolute atomic E-state index is 13.5. The summed E-state index contributed by atoms with van der Waals surface area (Å²) in [6.07, 6.45) is 0. The number of ether oxygens (including phenoxy) is 1. The van der Waals surface area contributed by atoms with Crippen molar-refractivity contribution < 1.29 is 31.5 Å². The zero-order valence-electron chi connectivity index (χ0n) is 12.6. The molecule has 1 aromatic heterocycles. The normalized spacial score (nSPS) is 10.8. The van der Waals surface area contributed by atoms with E-state index in [2.05, 4.69) is 20.3 Å². The highest BCUT2D eigenvalue weighted by Gasteiger charge is 2.29. The molecule has 0 amide bonds. The van der Waals surface area contributed by atoms with Crippen LogP contribution < -0.4 is 4.74 Å². The Morgan fingerprint density at radius 1 is 0.923 bits per heavy atom. The molecule has 0 aliphatic heterocycles. The van der Waals surface area contributed by atoms with Gasteiger partial charge < -0.3 is 4.74 Å². The minimum absolute atomic E-state index is 0.139. The van der Waals surface area contributed by atoms with E-state index in [-0.39, 0.29) is 5.82 Å². The number of benzene rings is 2. The van der Waals surface area contributed by atoms with Gasteiger partial charge in [-0.3, -0.25) is 0 Å². The first kappa shape index (κ1) is 17.5. The molecule has 0 unspecified atom stereocenters. The first-order chi connectivity index (χ1) is 12.4. The number of hydrogen-bond acceptors (Lipinski definition) is 5. The third kappa shape index (κ3) is 3.10. The lowest BCUT2D eigenvalue weighted by Gasteiger charge is -2.09. The average Bonchev–Trinajstić information content (AvgIpc) is 3.10. The molecule has 0 saturated heterocycles. The van der Waals surface area contributed by atoms with Crippen LogP contribution in [0.25, 0.3) is 11.4 Å². The van der Waals surface area contributed by atoms with Gasteiger partial charge in [0, 0.05) is 5.56 Å². The highest BCUT2D eigenvalue weighted by molar-refractivity contribution is 5.73. The Morgan fingerprint density at radius 3 is 2.12 bits per heavy atom. The van der Waals surface area contributed by atoms with Gasteiger partial charge >= 0.3 is 5.97 Å². The molecule has 26 heavy (non-hydrogen) atoms. The molecule has 3 rings (SSSR count). The van der Waals surface area contributed by atoms with Gasteiger partial charge in [0.25, 0.3) is 0 Å². The predicted molar refractivity (Wildman–Crippen MR) is 75.1 cm³/mol. The largest absolute Gasteiger partial charge is 0.419 e. The van der Waals surface area contributed by atoms with E-state index in [1.54, 1.807) is 30.3 Å². The van der Waals surface area contributed by atoms with Crippen molar-refractivity contribution in [1.29, 1.82) is 0 Å². The van der Waals surface area contributed by atoms with Crippen molar-refractivity contribution in [3.63, 3.8) is 0 Å². The van der Waals surface area contributed by atoms with E-state index in [0.29, 0.717) is 5.56 Å². The van der Waals surface area contributed by atoms with Crippen molar-refractivity contribution in [1.82, 2.24) is 20.2 Å². The van der Waals surface area contributed by atoms with Crippen LogP contribution in [0.4, 0.5) is 22.0 Å². The smallest absolute Gasteiger partial charge is 0.333 e. The fourth-order valence-corrected chi connectivity index (χ4v) is 2.05. The Labute approximate surface area is 141 Å². The fraction of sp³-hybridized carbons (Fsp3) is 0.0667. The van der Waals surface area contributed by atoms with Gasteiger partial charge in [0.2, 0.25) is 34.8 Å². The molecular formula is C15H7F5N4O2. The van der Waals surface area contributed by atoms with Crippen molar-refractivity contribution in [2.24, 2.45) is 0 Å². The van der Waals surface area contributed by atoms with Gasteiger partial charge in [0.05, 0.1) is 0 Å². The summed E-state index contributed by atoms with van der Waals surface area (Å²) in [6.45, 7) is -0.725. The molecule has 0 N–H and O–H groups in total. The van der Waals surface area contributed by atoms with Gasteiger partial charge in [0.1, 0.15) is 6.54 Å². The van der Waals surface area contributed by atoms with Crippen LogP contribution in [0, 0.1) is 29.1 Å². The molecule has 11 heteroatoms. The third-order valence-electron chi connectivity index (χ3n) is 3.23. The zero-order chi connectivity index (χ0) is 18.8. The summed E-state index contributed by atoms with van der Waals surface area (Å²) >= 11 is 0. The van der Waals surface area contributed by atoms with E-state index in [1.807, 2.05) is 0 Å². The first-order valence-electron chi connectivity index (χ1n) is 6.93. The number of tetrazole rings is 1. The van der Waals surface area contributed by atoms with E-state index in [4.69, 9.17) is 0 Å². The van der Waals surface area contributed by atoms with E-state index in [1.165, 1.54) is 0 Å². The third-order valence-corrected chi connectivity index (χ3v) is 3.23. The molecule has 6 nitrogen and oxygen atoms in total. The average molecular weight is 370 g/mol. The minimum atomic E-state index is -2.35. The molecule has 3 aromatic rings. The summed E-state index contributed by atoms with van der Waals surface area (Å²) in [5.41, 5.74) is 0.529. The predicted octanol–water partition coefficient (Wildman–Crippen LogP) is 2.64. The number of carbonyl (C=O) groups excluding carboxylic acids is 1. The van der Waals surface area contributed by atoms with E-state index >= 15 is 0 Å². The number of halogens is 5. The number of carbonyl (C=O) groups is 1. The van der Waals surface area contributed by atoms with E-state index in [0.717, 1.165) is 4.68 Å². The van der Waals surface area contributed by atoms with Crippen molar-refractivity contribution in [2.45, 2.75) is 6.54 Å². The monoisotopic (exact) mass is 370 g/mol. The van der Waals surface area contributed by atoms with Crippen LogP contribution in [0.15, 0.2) is 30.3 Å². The van der Waals surface area contributed by atoms with Gasteiger partial charge in [-0.05, 0) is 10.4 Å². The van der Waals surface area contributed by atoms with Crippen LogP contribution in [-0.2, 0) is 11.3 Å². The fourth-order valence-electron chi connectivity index (χ4n) is 2.05. The lowest BCUT2D eigenvalue weighted by Crippen LogP contribution is -2.20. The molecule has 0 spiro atoms. The Bertz CT molecular complexity index is 949. The lowest BCUT2D eigenvalue weighted by atomic mass is 10.2. The number of hydrogen-bond donors (Lipinski definition) is 0. The number of aromatic nitrogens is 4. The molecule has 0 atom stereocenters. The van der Waals surface area contributed by atoms with Gasteiger partial charge in [-0.1, -0.05) is 30.3 Å². The highest BCUT2D eigenvalue weighted by atomic mass is 19.2. The second-order valence-corrected chi connectivity index (χ2v) is 4.90. The number of rotatable bonds is 4. The Balaban J connectivity index is 1.85. The van der Waals surface area contributed by atoms with Crippen LogP contribution in [0.3, 0.4) is 0 Å². The molecule has 0 radical (unpaired) electrons. The molecule has 2 aromatic carbocycles. The summed E-state index contributed by atoms with van der Waals surface area (Å²) in [5.74, 6) is -14.2. The molecule has 0 aliphatic carbocycles. The standard InChI is InChI=1S/C15H7F5N4O2/c16-9-10(17)12(19)14(13(20)11(9)18)26-8(25)6-24-15(21-22-23-24)7-4-2-1-3-5-7/h1-5H,6H2. The second kappa shape index (κ2) is 6.86. The van der Waals surface area contributed by atoms with Crippen LogP contribution in [0.1, 0.15) is 0 Å². The van der Waals surface area contributed by atoms with Gasteiger partial charge in [-0.2, -0.15) is 8.78 Å². The van der Waals surface area contributed by atoms with E-state index < -0.39 is 47.3 Å². The van der Waals surface area contributed by atoms with Crippen molar-refractivity contribution >= 4 is 5.97 Å². The molecular weight excluding hydrogens is 363 g/mol. The zero-order valence-corrected chi connectivity index (χ0v) is 12.6. The first-order valence-corrected chi connectivity index (χ1v) is 6.93. The summed E-state index contributed by atoms with van der Waals surface area (Å²) in [5, 5.41) is 10.6. The van der Waals surface area contributed by atoms with Crippen LogP contribution in [0.5, 0.6) is 5.75 Å².